The van der Waals surface area contributed by atoms with Crippen LogP contribution < -0.4 is 0 Å². The van der Waals surface area contributed by atoms with Gasteiger partial charge in [0.2, 0.25) is 0 Å². The van der Waals surface area contributed by atoms with Gasteiger partial charge in [0.25, 0.3) is 5.91 Å². The average Bonchev–Trinajstić information content (AvgIpc) is 2.85. The first-order valence-electron chi connectivity index (χ1n) is 8.96. The van der Waals surface area contributed by atoms with Crippen LogP contribution in [0.25, 0.3) is 0 Å². The van der Waals surface area contributed by atoms with Gasteiger partial charge < -0.3 is 4.90 Å². The Morgan fingerprint density at radius 2 is 1.77 bits per heavy atom. The molecule has 0 unspecified atom stereocenters. The number of aromatic nitrogens is 2. The van der Waals surface area contributed by atoms with E-state index < -0.39 is 0 Å². The molecule has 0 saturated heterocycles. The van der Waals surface area contributed by atoms with Crippen LogP contribution in [0, 0.1) is 0 Å². The molecule has 4 heteroatoms. The third-order valence-electron chi connectivity index (χ3n) is 5.24. The summed E-state index contributed by atoms with van der Waals surface area (Å²) in [5, 5.41) is 7.65. The number of benzene rings is 2. The highest BCUT2D eigenvalue weighted by Gasteiger charge is 2.33. The van der Waals surface area contributed by atoms with Crippen LogP contribution in [0.5, 0.6) is 0 Å². The lowest BCUT2D eigenvalue weighted by atomic mass is 9.83. The molecule has 0 bridgehead atoms. The monoisotopic (exact) mass is 343 g/mol. The quantitative estimate of drug-likeness (QED) is 0.713. The van der Waals surface area contributed by atoms with Gasteiger partial charge in [-0.15, -0.1) is 0 Å². The molecule has 2 aromatic carbocycles. The fourth-order valence-electron chi connectivity index (χ4n) is 3.94. The van der Waals surface area contributed by atoms with Crippen molar-refractivity contribution < 1.29 is 4.79 Å². The van der Waals surface area contributed by atoms with E-state index in [2.05, 4.69) is 65.7 Å². The molecule has 3 aromatic rings. The highest BCUT2D eigenvalue weighted by Crippen LogP contribution is 2.36. The molecule has 1 aliphatic heterocycles. The Bertz CT molecular complexity index is 896. The zero-order chi connectivity index (χ0) is 17.9. The fourth-order valence-corrected chi connectivity index (χ4v) is 3.94. The predicted molar refractivity (Wildman–Crippen MR) is 101 cm³/mol. The van der Waals surface area contributed by atoms with Crippen molar-refractivity contribution in [3.8, 4) is 0 Å². The molecular formula is C22H21N3O. The number of carbonyl (C=O) groups excluding carboxylic acids is 1. The van der Waals surface area contributed by atoms with E-state index in [0.29, 0.717) is 12.1 Å². The minimum absolute atomic E-state index is 0.0149. The van der Waals surface area contributed by atoms with Crippen LogP contribution in [0.1, 0.15) is 39.9 Å². The maximum absolute atomic E-state index is 13.1. The van der Waals surface area contributed by atoms with E-state index in [9.17, 15) is 4.79 Å². The van der Waals surface area contributed by atoms with Crippen molar-refractivity contribution in [1.82, 2.24) is 15.1 Å². The van der Waals surface area contributed by atoms with E-state index in [4.69, 9.17) is 0 Å². The number of hydrogen-bond acceptors (Lipinski definition) is 3. The van der Waals surface area contributed by atoms with Crippen molar-refractivity contribution in [3.05, 3.63) is 95.3 Å². The minimum atomic E-state index is 0.0149. The molecular weight excluding hydrogens is 322 g/mol. The van der Waals surface area contributed by atoms with Crippen LogP contribution >= 0.6 is 0 Å². The molecule has 4 nitrogen and oxygen atoms in total. The zero-order valence-corrected chi connectivity index (χ0v) is 14.7. The van der Waals surface area contributed by atoms with Gasteiger partial charge in [0.1, 0.15) is 0 Å². The normalized spacial score (nSPS) is 19.5. The summed E-state index contributed by atoms with van der Waals surface area (Å²) < 4.78 is 0. The van der Waals surface area contributed by atoms with Gasteiger partial charge >= 0.3 is 0 Å². The number of rotatable bonds is 2. The van der Waals surface area contributed by atoms with Crippen LogP contribution in [0.3, 0.4) is 0 Å². The second-order valence-electron chi connectivity index (χ2n) is 6.71. The SMILES string of the molecule is C[C@H]1[C@@H](c2ccccc2)c2ccccc2CCN1C(=O)c1ccnnc1. The van der Waals surface area contributed by atoms with E-state index in [0.717, 1.165) is 6.42 Å². The first kappa shape index (κ1) is 16.5. The van der Waals surface area contributed by atoms with Gasteiger partial charge in [-0.05, 0) is 36.1 Å². The largest absolute Gasteiger partial charge is 0.335 e. The van der Waals surface area contributed by atoms with Crippen LogP contribution in [0.2, 0.25) is 0 Å². The summed E-state index contributed by atoms with van der Waals surface area (Å²) in [6.07, 6.45) is 3.97. The van der Waals surface area contributed by atoms with E-state index in [1.165, 1.54) is 16.7 Å². The fraction of sp³-hybridized carbons (Fsp3) is 0.227. The van der Waals surface area contributed by atoms with Crippen LogP contribution in [0.15, 0.2) is 73.1 Å². The van der Waals surface area contributed by atoms with Gasteiger partial charge in [0, 0.05) is 18.5 Å². The summed E-state index contributed by atoms with van der Waals surface area (Å²) in [7, 11) is 0. The molecule has 130 valence electrons. The molecule has 0 saturated carbocycles. The lowest BCUT2D eigenvalue weighted by Crippen LogP contribution is -2.42. The van der Waals surface area contributed by atoms with Gasteiger partial charge in [0.15, 0.2) is 0 Å². The average molecular weight is 343 g/mol. The maximum Gasteiger partial charge on any atom is 0.255 e. The van der Waals surface area contributed by atoms with Crippen molar-refractivity contribution in [2.24, 2.45) is 0 Å². The first-order valence-corrected chi connectivity index (χ1v) is 8.96. The summed E-state index contributed by atoms with van der Waals surface area (Å²) in [6, 6.07) is 20.8. The third kappa shape index (κ3) is 2.99. The van der Waals surface area contributed by atoms with E-state index in [-0.39, 0.29) is 17.9 Å². The van der Waals surface area contributed by atoms with Crippen LogP contribution in [-0.2, 0) is 6.42 Å². The summed E-state index contributed by atoms with van der Waals surface area (Å²) in [6.45, 7) is 2.84. The molecule has 2 heterocycles. The topological polar surface area (TPSA) is 46.1 Å². The van der Waals surface area contributed by atoms with Crippen molar-refractivity contribution in [2.75, 3.05) is 6.54 Å². The Kier molecular flexibility index (Phi) is 4.48. The summed E-state index contributed by atoms with van der Waals surface area (Å²) >= 11 is 0. The van der Waals surface area contributed by atoms with Gasteiger partial charge in [-0.2, -0.15) is 10.2 Å². The smallest absolute Gasteiger partial charge is 0.255 e. The number of nitrogens with zero attached hydrogens (tertiary/aromatic N) is 3. The molecule has 1 aromatic heterocycles. The van der Waals surface area contributed by atoms with Gasteiger partial charge in [-0.3, -0.25) is 4.79 Å². The molecule has 1 amide bonds. The Balaban J connectivity index is 1.78. The molecule has 0 aliphatic carbocycles. The second-order valence-corrected chi connectivity index (χ2v) is 6.71. The van der Waals surface area contributed by atoms with Crippen molar-refractivity contribution in [3.63, 3.8) is 0 Å². The Labute approximate surface area is 153 Å². The Morgan fingerprint density at radius 1 is 1.00 bits per heavy atom. The number of amides is 1. The standard InChI is InChI=1S/C22H21N3O/c1-16-21(18-8-3-2-4-9-18)20-10-6-5-7-17(20)12-14-25(16)22(26)19-11-13-23-24-15-19/h2-11,13,15-16,21H,12,14H2,1H3/t16-,21-/m0/s1. The molecule has 2 atom stereocenters. The number of fused-ring (bicyclic) bond motifs is 1. The number of hydrogen-bond donors (Lipinski definition) is 0. The molecule has 0 radical (unpaired) electrons. The van der Waals surface area contributed by atoms with Gasteiger partial charge in [0.05, 0.1) is 18.0 Å². The third-order valence-corrected chi connectivity index (χ3v) is 5.24. The Morgan fingerprint density at radius 3 is 2.54 bits per heavy atom. The van der Waals surface area contributed by atoms with Crippen molar-refractivity contribution >= 4 is 5.91 Å². The van der Waals surface area contributed by atoms with Gasteiger partial charge in [-0.1, -0.05) is 54.6 Å². The maximum atomic E-state index is 13.1. The molecule has 0 fully saturated rings. The van der Waals surface area contributed by atoms with Crippen molar-refractivity contribution in [2.45, 2.75) is 25.3 Å². The second kappa shape index (κ2) is 7.08. The molecule has 0 spiro atoms. The van der Waals surface area contributed by atoms with E-state index >= 15 is 0 Å². The molecule has 4 rings (SSSR count). The van der Waals surface area contributed by atoms with Crippen molar-refractivity contribution in [1.29, 1.82) is 0 Å². The predicted octanol–water partition coefficient (Wildman–Crippen LogP) is 3.70. The van der Waals surface area contributed by atoms with Crippen LogP contribution in [0.4, 0.5) is 0 Å². The molecule has 26 heavy (non-hydrogen) atoms. The summed E-state index contributed by atoms with van der Waals surface area (Å²) in [4.78, 5) is 15.1. The minimum Gasteiger partial charge on any atom is -0.335 e. The highest BCUT2D eigenvalue weighted by molar-refractivity contribution is 5.94. The zero-order valence-electron chi connectivity index (χ0n) is 14.7. The van der Waals surface area contributed by atoms with Crippen LogP contribution in [-0.4, -0.2) is 33.6 Å². The lowest BCUT2D eigenvalue weighted by Gasteiger charge is -2.33. The number of carbonyl (C=O) groups is 1. The van der Waals surface area contributed by atoms with E-state index in [1.54, 1.807) is 18.5 Å². The Hall–Kier alpha value is -3.01. The van der Waals surface area contributed by atoms with E-state index in [1.807, 2.05) is 11.0 Å². The summed E-state index contributed by atoms with van der Waals surface area (Å²) in [5.41, 5.74) is 4.45. The molecule has 1 aliphatic rings. The highest BCUT2D eigenvalue weighted by atomic mass is 16.2. The molecule has 0 N–H and O–H groups in total. The first-order chi connectivity index (χ1) is 12.8. The lowest BCUT2D eigenvalue weighted by molar-refractivity contribution is 0.0687. The summed E-state index contributed by atoms with van der Waals surface area (Å²) in [5.74, 6) is 0.162. The van der Waals surface area contributed by atoms with Gasteiger partial charge in [-0.25, -0.2) is 0 Å².